The molecule has 6 nitrogen and oxygen atoms in total. The first-order valence-corrected chi connectivity index (χ1v) is 12.1. The Kier molecular flexibility index (Phi) is 6.71. The molecule has 0 bridgehead atoms. The summed E-state index contributed by atoms with van der Waals surface area (Å²) in [6, 6.07) is 11.4. The van der Waals surface area contributed by atoms with E-state index in [1.54, 1.807) is 23.5 Å². The van der Waals surface area contributed by atoms with E-state index >= 15 is 0 Å². The van der Waals surface area contributed by atoms with Crippen LogP contribution in [0.25, 0.3) is 11.1 Å². The Morgan fingerprint density at radius 1 is 1.18 bits per heavy atom. The highest BCUT2D eigenvalue weighted by molar-refractivity contribution is 7.15. The van der Waals surface area contributed by atoms with Crippen molar-refractivity contribution in [3.8, 4) is 11.1 Å². The minimum absolute atomic E-state index is 0.0143. The molecular weight excluding hydrogens is 446 g/mol. The molecule has 0 radical (unpaired) electrons. The summed E-state index contributed by atoms with van der Waals surface area (Å²) in [5.74, 6) is -0.783. The molecule has 174 valence electrons. The molecule has 1 aliphatic rings. The van der Waals surface area contributed by atoms with Gasteiger partial charge in [-0.1, -0.05) is 12.1 Å². The lowest BCUT2D eigenvalue weighted by Gasteiger charge is -2.12. The van der Waals surface area contributed by atoms with Crippen LogP contribution in [0, 0.1) is 32.1 Å². The van der Waals surface area contributed by atoms with Crippen molar-refractivity contribution in [3.63, 3.8) is 0 Å². The number of rotatable bonds is 5. The quantitative estimate of drug-likeness (QED) is 0.294. The van der Waals surface area contributed by atoms with Crippen LogP contribution in [0.5, 0.6) is 0 Å². The maximum absolute atomic E-state index is 12.8. The molecule has 0 spiro atoms. The van der Waals surface area contributed by atoms with Gasteiger partial charge in [-0.3, -0.25) is 4.79 Å². The van der Waals surface area contributed by atoms with E-state index in [1.807, 2.05) is 55.7 Å². The molecule has 2 heterocycles. The molecule has 0 atom stereocenters. The van der Waals surface area contributed by atoms with Crippen LogP contribution >= 0.6 is 11.3 Å². The van der Waals surface area contributed by atoms with E-state index in [-0.39, 0.29) is 11.5 Å². The first-order valence-electron chi connectivity index (χ1n) is 11.3. The van der Waals surface area contributed by atoms with Gasteiger partial charge in [-0.2, -0.15) is 5.26 Å². The molecule has 7 heteroatoms. The highest BCUT2D eigenvalue weighted by Gasteiger charge is 2.28. The number of ether oxygens (including phenoxy) is 1. The van der Waals surface area contributed by atoms with Crippen LogP contribution in [0.1, 0.15) is 56.2 Å². The summed E-state index contributed by atoms with van der Waals surface area (Å²) in [5, 5.41) is 13.3. The fraction of sp³-hybridized carbons (Fsp3) is 0.296. The smallest absolute Gasteiger partial charge is 0.341 e. The van der Waals surface area contributed by atoms with Crippen LogP contribution in [0.2, 0.25) is 0 Å². The molecular formula is C27H27N3O3S. The van der Waals surface area contributed by atoms with Gasteiger partial charge in [-0.15, -0.1) is 11.3 Å². The van der Waals surface area contributed by atoms with Crippen molar-refractivity contribution >= 4 is 35.0 Å². The van der Waals surface area contributed by atoms with Gasteiger partial charge in [0, 0.05) is 22.0 Å². The summed E-state index contributed by atoms with van der Waals surface area (Å²) < 4.78 is 7.17. The maximum atomic E-state index is 12.8. The molecule has 4 rings (SSSR count). The molecule has 1 N–H and O–H groups in total. The average molecular weight is 474 g/mol. The van der Waals surface area contributed by atoms with Crippen LogP contribution in [0.4, 0.5) is 5.69 Å². The number of nitrogens with zero attached hydrogens (tertiary/aromatic N) is 2. The Labute approximate surface area is 203 Å². The summed E-state index contributed by atoms with van der Waals surface area (Å²) >= 11 is 1.63. The fourth-order valence-corrected chi connectivity index (χ4v) is 5.98. The van der Waals surface area contributed by atoms with Crippen LogP contribution in [0.15, 0.2) is 35.9 Å². The highest BCUT2D eigenvalue weighted by atomic mass is 32.1. The van der Waals surface area contributed by atoms with Gasteiger partial charge in [-0.25, -0.2) is 4.79 Å². The molecule has 34 heavy (non-hydrogen) atoms. The van der Waals surface area contributed by atoms with Crippen LogP contribution < -0.4 is 5.32 Å². The maximum Gasteiger partial charge on any atom is 0.341 e. The van der Waals surface area contributed by atoms with Crippen molar-refractivity contribution in [2.75, 3.05) is 12.4 Å². The number of aromatic nitrogens is 1. The molecule has 0 saturated carbocycles. The molecule has 1 aliphatic carbocycles. The number of carbonyl (C=O) groups excluding carboxylic acids is 2. The van der Waals surface area contributed by atoms with Crippen molar-refractivity contribution in [1.82, 2.24) is 4.57 Å². The van der Waals surface area contributed by atoms with Gasteiger partial charge in [0.15, 0.2) is 0 Å². The molecule has 0 unspecified atom stereocenters. The molecule has 0 saturated heterocycles. The number of fused-ring (bicyclic) bond motifs is 1. The van der Waals surface area contributed by atoms with Crippen molar-refractivity contribution in [3.05, 3.63) is 74.4 Å². The zero-order chi connectivity index (χ0) is 24.4. The second-order valence-electron chi connectivity index (χ2n) is 8.54. The number of aryl methyl sites for hydroxylation is 3. The number of hydrogen-bond donors (Lipinski definition) is 1. The third kappa shape index (κ3) is 4.42. The Morgan fingerprint density at radius 2 is 1.94 bits per heavy atom. The lowest BCUT2D eigenvalue weighted by Crippen LogP contribution is -2.13. The van der Waals surface area contributed by atoms with Crippen molar-refractivity contribution in [2.45, 2.75) is 46.5 Å². The van der Waals surface area contributed by atoms with E-state index in [0.29, 0.717) is 11.3 Å². The van der Waals surface area contributed by atoms with Gasteiger partial charge in [0.25, 0.3) is 5.91 Å². The second kappa shape index (κ2) is 9.70. The average Bonchev–Trinajstić information content (AvgIpc) is 3.32. The first-order chi connectivity index (χ1) is 16.3. The number of nitrogens with one attached hydrogen (secondary N) is 1. The summed E-state index contributed by atoms with van der Waals surface area (Å²) in [6.07, 6.45) is 5.63. The fourth-order valence-electron chi connectivity index (χ4n) is 4.49. The van der Waals surface area contributed by atoms with Crippen LogP contribution in [-0.2, 0) is 22.4 Å². The SMILES string of the molecule is COC(=O)c1c(-n2c(C)cc(/C=C(/C#N)C(=O)Nc3cccc(C)c3)c2C)sc2c1CCCC2. The number of methoxy groups -OCH3 is 1. The number of benzene rings is 1. The van der Waals surface area contributed by atoms with Crippen LogP contribution in [-0.4, -0.2) is 23.6 Å². The van der Waals surface area contributed by atoms with Gasteiger partial charge in [0.2, 0.25) is 0 Å². The Hall–Kier alpha value is -3.63. The number of amides is 1. The third-order valence-electron chi connectivity index (χ3n) is 6.16. The Balaban J connectivity index is 1.74. The highest BCUT2D eigenvalue weighted by Crippen LogP contribution is 2.39. The second-order valence-corrected chi connectivity index (χ2v) is 9.62. The van der Waals surface area contributed by atoms with Gasteiger partial charge >= 0.3 is 5.97 Å². The van der Waals surface area contributed by atoms with E-state index in [9.17, 15) is 14.9 Å². The zero-order valence-electron chi connectivity index (χ0n) is 19.8. The minimum atomic E-state index is -0.459. The molecule has 2 aromatic heterocycles. The predicted molar refractivity (Wildman–Crippen MR) is 135 cm³/mol. The molecule has 1 aromatic carbocycles. The zero-order valence-corrected chi connectivity index (χ0v) is 20.6. The lowest BCUT2D eigenvalue weighted by molar-refractivity contribution is -0.112. The number of thiophene rings is 1. The molecule has 3 aromatic rings. The topological polar surface area (TPSA) is 84.1 Å². The van der Waals surface area contributed by atoms with Gasteiger partial charge in [0.1, 0.15) is 16.6 Å². The number of nitriles is 1. The summed E-state index contributed by atoms with van der Waals surface area (Å²) in [6.45, 7) is 5.84. The molecule has 0 aliphatic heterocycles. The molecule has 1 amide bonds. The Bertz CT molecular complexity index is 1350. The normalized spacial score (nSPS) is 13.2. The van der Waals surface area contributed by atoms with Gasteiger partial charge in [0.05, 0.1) is 12.7 Å². The standard InChI is InChI=1S/C27H27N3O3S/c1-16-8-7-9-21(12-16)29-25(31)20(15-28)14-19-13-17(2)30(18(19)3)26-24(27(32)33-4)22-10-5-6-11-23(22)34-26/h7-9,12-14H,5-6,10-11H2,1-4H3,(H,29,31)/b20-14-. The lowest BCUT2D eigenvalue weighted by atomic mass is 9.95. The number of hydrogen-bond acceptors (Lipinski definition) is 5. The monoisotopic (exact) mass is 473 g/mol. The summed E-state index contributed by atoms with van der Waals surface area (Å²) in [7, 11) is 1.41. The van der Waals surface area contributed by atoms with E-state index in [4.69, 9.17) is 4.74 Å². The number of esters is 1. The third-order valence-corrected chi connectivity index (χ3v) is 7.43. The van der Waals surface area contributed by atoms with Gasteiger partial charge < -0.3 is 14.6 Å². The van der Waals surface area contributed by atoms with Crippen LogP contribution in [0.3, 0.4) is 0 Å². The predicted octanol–water partition coefficient (Wildman–Crippen LogP) is 5.68. The van der Waals surface area contributed by atoms with Gasteiger partial charge in [-0.05, 0) is 87.4 Å². The minimum Gasteiger partial charge on any atom is -0.465 e. The number of carbonyl (C=O) groups is 2. The van der Waals surface area contributed by atoms with E-state index in [1.165, 1.54) is 12.0 Å². The van der Waals surface area contributed by atoms with E-state index < -0.39 is 5.91 Å². The van der Waals surface area contributed by atoms with E-state index in [0.717, 1.165) is 58.8 Å². The largest absolute Gasteiger partial charge is 0.465 e. The summed E-state index contributed by atoms with van der Waals surface area (Å²) in [5.41, 5.74) is 5.94. The molecule has 0 fully saturated rings. The summed E-state index contributed by atoms with van der Waals surface area (Å²) in [4.78, 5) is 26.8. The van der Waals surface area contributed by atoms with E-state index in [2.05, 4.69) is 5.32 Å². The first kappa shape index (κ1) is 23.5. The van der Waals surface area contributed by atoms with Crippen molar-refractivity contribution in [1.29, 1.82) is 5.26 Å². The number of anilines is 1. The van der Waals surface area contributed by atoms with Crippen molar-refractivity contribution in [2.24, 2.45) is 0 Å². The van der Waals surface area contributed by atoms with Crippen molar-refractivity contribution < 1.29 is 14.3 Å². The Morgan fingerprint density at radius 3 is 2.65 bits per heavy atom.